The number of hydrogen-bond acceptors (Lipinski definition) is 6. The maximum Gasteiger partial charge on any atom is 0.225 e. The maximum atomic E-state index is 11.5. The number of fused-ring (bicyclic) bond motifs is 1. The van der Waals surface area contributed by atoms with Gasteiger partial charge in [-0.25, -0.2) is 0 Å². The van der Waals surface area contributed by atoms with Crippen LogP contribution in [-0.4, -0.2) is 62.2 Å². The summed E-state index contributed by atoms with van der Waals surface area (Å²) >= 11 is 0. The molecule has 0 aliphatic carbocycles. The zero-order valence-corrected chi connectivity index (χ0v) is 17.6. The summed E-state index contributed by atoms with van der Waals surface area (Å²) in [5, 5.41) is 2.82. The molecule has 0 bridgehead atoms. The van der Waals surface area contributed by atoms with Gasteiger partial charge in [0.25, 0.3) is 0 Å². The number of hydrogen-bond donors (Lipinski definition) is 1. The van der Waals surface area contributed by atoms with Gasteiger partial charge in [0.05, 0.1) is 19.4 Å². The fourth-order valence-electron chi connectivity index (χ4n) is 4.02. The Bertz CT molecular complexity index is 865. The molecular weight excluding hydrogens is 380 g/mol. The minimum absolute atomic E-state index is 0.0259. The first-order chi connectivity index (χ1) is 14.7. The summed E-state index contributed by atoms with van der Waals surface area (Å²) in [5.74, 6) is 2.20. The standard InChI is InChI=1S/C23H30N4O3/c1-29-20-7-3-2-6-19(20)27-15-13-26(14-16-27)12-4-5-17-30-22-11-9-18-8-10-21(28)24-23(18)25-22/h2-3,6-7,9,11H,4-5,8,10,12-17H2,1H3,(H,24,25,28). The van der Waals surface area contributed by atoms with Crippen LogP contribution in [0, 0.1) is 0 Å². The number of nitrogens with zero attached hydrogens (tertiary/aromatic N) is 3. The highest BCUT2D eigenvalue weighted by atomic mass is 16.5. The summed E-state index contributed by atoms with van der Waals surface area (Å²) in [4.78, 5) is 20.9. The van der Waals surface area contributed by atoms with Gasteiger partial charge in [0.2, 0.25) is 11.8 Å². The van der Waals surface area contributed by atoms with Crippen LogP contribution in [0.5, 0.6) is 11.6 Å². The van der Waals surface area contributed by atoms with Crippen LogP contribution in [0.2, 0.25) is 0 Å². The second-order valence-electron chi connectivity index (χ2n) is 7.76. The summed E-state index contributed by atoms with van der Waals surface area (Å²) in [6.45, 7) is 5.87. The van der Waals surface area contributed by atoms with Gasteiger partial charge in [-0.2, -0.15) is 4.98 Å². The summed E-state index contributed by atoms with van der Waals surface area (Å²) in [7, 11) is 1.73. The molecule has 0 radical (unpaired) electrons. The molecule has 3 heterocycles. The van der Waals surface area contributed by atoms with Crippen molar-refractivity contribution in [2.75, 3.05) is 56.7 Å². The number of pyridine rings is 1. The van der Waals surface area contributed by atoms with Crippen LogP contribution in [0.15, 0.2) is 36.4 Å². The number of amides is 1. The number of carbonyl (C=O) groups excluding carboxylic acids is 1. The average molecular weight is 411 g/mol. The highest BCUT2D eigenvalue weighted by molar-refractivity contribution is 5.92. The molecule has 1 N–H and O–H groups in total. The first-order valence-electron chi connectivity index (χ1n) is 10.8. The number of nitrogens with one attached hydrogen (secondary N) is 1. The molecular formula is C23H30N4O3. The van der Waals surface area contributed by atoms with Crippen LogP contribution in [0.25, 0.3) is 0 Å². The Morgan fingerprint density at radius 2 is 1.87 bits per heavy atom. The van der Waals surface area contributed by atoms with Gasteiger partial charge in [0, 0.05) is 38.7 Å². The smallest absolute Gasteiger partial charge is 0.225 e. The monoisotopic (exact) mass is 410 g/mol. The molecule has 0 unspecified atom stereocenters. The molecule has 7 nitrogen and oxygen atoms in total. The third-order valence-electron chi connectivity index (χ3n) is 5.75. The van der Waals surface area contributed by atoms with E-state index in [1.54, 1.807) is 7.11 Å². The molecule has 0 spiro atoms. The highest BCUT2D eigenvalue weighted by Crippen LogP contribution is 2.28. The van der Waals surface area contributed by atoms with Crippen molar-refractivity contribution in [3.05, 3.63) is 42.0 Å². The van der Waals surface area contributed by atoms with Crippen LogP contribution in [0.1, 0.15) is 24.8 Å². The minimum Gasteiger partial charge on any atom is -0.495 e. The highest BCUT2D eigenvalue weighted by Gasteiger charge is 2.19. The zero-order valence-electron chi connectivity index (χ0n) is 17.6. The van der Waals surface area contributed by atoms with Crippen molar-refractivity contribution in [2.45, 2.75) is 25.7 Å². The topological polar surface area (TPSA) is 66.9 Å². The van der Waals surface area contributed by atoms with Crippen LogP contribution in [-0.2, 0) is 11.2 Å². The van der Waals surface area contributed by atoms with Crippen molar-refractivity contribution >= 4 is 17.4 Å². The Balaban J connectivity index is 1.15. The van der Waals surface area contributed by atoms with E-state index in [2.05, 4.69) is 32.2 Å². The molecule has 4 rings (SSSR count). The van der Waals surface area contributed by atoms with Gasteiger partial charge in [0.15, 0.2) is 0 Å². The first kappa shape index (κ1) is 20.5. The number of benzene rings is 1. The van der Waals surface area contributed by atoms with Crippen LogP contribution < -0.4 is 19.7 Å². The summed E-state index contributed by atoms with van der Waals surface area (Å²) in [5.41, 5.74) is 2.26. The van der Waals surface area contributed by atoms with Crippen molar-refractivity contribution in [2.24, 2.45) is 0 Å². The molecule has 0 saturated carbocycles. The molecule has 1 saturated heterocycles. The fourth-order valence-corrected chi connectivity index (χ4v) is 4.02. The van der Waals surface area contributed by atoms with Gasteiger partial charge in [-0.1, -0.05) is 12.1 Å². The Hall–Kier alpha value is -2.80. The molecule has 2 aromatic rings. The van der Waals surface area contributed by atoms with E-state index in [0.717, 1.165) is 63.3 Å². The van der Waals surface area contributed by atoms with Crippen molar-refractivity contribution in [3.8, 4) is 11.6 Å². The zero-order chi connectivity index (χ0) is 20.8. The molecule has 1 fully saturated rings. The molecule has 2 aliphatic heterocycles. The number of aryl methyl sites for hydroxylation is 1. The number of para-hydroxylation sites is 2. The van der Waals surface area contributed by atoms with E-state index in [4.69, 9.17) is 9.47 Å². The van der Waals surface area contributed by atoms with E-state index in [0.29, 0.717) is 24.7 Å². The number of carbonyl (C=O) groups is 1. The molecule has 1 aromatic heterocycles. The predicted octanol–water partition coefficient (Wildman–Crippen LogP) is 2.96. The lowest BCUT2D eigenvalue weighted by atomic mass is 10.1. The normalized spacial score (nSPS) is 16.7. The summed E-state index contributed by atoms with van der Waals surface area (Å²) < 4.78 is 11.3. The number of anilines is 2. The third kappa shape index (κ3) is 5.02. The van der Waals surface area contributed by atoms with Crippen LogP contribution in [0.3, 0.4) is 0 Å². The second kappa shape index (κ2) is 9.80. The number of aromatic nitrogens is 1. The van der Waals surface area contributed by atoms with Gasteiger partial charge in [-0.05, 0) is 49.6 Å². The van der Waals surface area contributed by atoms with Gasteiger partial charge in [-0.15, -0.1) is 0 Å². The molecule has 160 valence electrons. The minimum atomic E-state index is 0.0259. The van der Waals surface area contributed by atoms with Crippen molar-refractivity contribution in [3.63, 3.8) is 0 Å². The molecule has 7 heteroatoms. The quantitative estimate of drug-likeness (QED) is 0.675. The summed E-state index contributed by atoms with van der Waals surface area (Å²) in [6, 6.07) is 12.1. The lowest BCUT2D eigenvalue weighted by molar-refractivity contribution is -0.116. The van der Waals surface area contributed by atoms with E-state index < -0.39 is 0 Å². The van der Waals surface area contributed by atoms with Crippen molar-refractivity contribution < 1.29 is 14.3 Å². The number of piperazine rings is 1. The fraction of sp³-hybridized carbons (Fsp3) is 0.478. The van der Waals surface area contributed by atoms with E-state index in [-0.39, 0.29) is 5.91 Å². The molecule has 0 atom stereocenters. The molecule has 1 amide bonds. The summed E-state index contributed by atoms with van der Waals surface area (Å²) in [6.07, 6.45) is 3.36. The molecule has 2 aliphatic rings. The van der Waals surface area contributed by atoms with Gasteiger partial charge in [0.1, 0.15) is 11.6 Å². The Labute approximate surface area is 178 Å². The van der Waals surface area contributed by atoms with Crippen LogP contribution in [0.4, 0.5) is 11.5 Å². The van der Waals surface area contributed by atoms with Crippen molar-refractivity contribution in [1.29, 1.82) is 0 Å². The lowest BCUT2D eigenvalue weighted by Gasteiger charge is -2.36. The first-order valence-corrected chi connectivity index (χ1v) is 10.8. The average Bonchev–Trinajstić information content (AvgIpc) is 2.79. The van der Waals surface area contributed by atoms with Gasteiger partial charge in [-0.3, -0.25) is 9.69 Å². The van der Waals surface area contributed by atoms with E-state index >= 15 is 0 Å². The Morgan fingerprint density at radius 1 is 1.03 bits per heavy atom. The Kier molecular flexibility index (Phi) is 6.69. The van der Waals surface area contributed by atoms with E-state index in [9.17, 15) is 4.79 Å². The van der Waals surface area contributed by atoms with Crippen LogP contribution >= 0.6 is 0 Å². The third-order valence-corrected chi connectivity index (χ3v) is 5.75. The second-order valence-corrected chi connectivity index (χ2v) is 7.76. The SMILES string of the molecule is COc1ccccc1N1CCN(CCCCOc2ccc3c(n2)NC(=O)CC3)CC1. The predicted molar refractivity (Wildman–Crippen MR) is 118 cm³/mol. The number of rotatable bonds is 8. The Morgan fingerprint density at radius 3 is 2.70 bits per heavy atom. The number of unbranched alkanes of at least 4 members (excludes halogenated alkanes) is 1. The van der Waals surface area contributed by atoms with Gasteiger partial charge >= 0.3 is 0 Å². The van der Waals surface area contributed by atoms with E-state index in [1.165, 1.54) is 5.69 Å². The van der Waals surface area contributed by atoms with Crippen molar-refractivity contribution in [1.82, 2.24) is 9.88 Å². The largest absolute Gasteiger partial charge is 0.495 e. The molecule has 1 aromatic carbocycles. The molecule has 30 heavy (non-hydrogen) atoms. The number of methoxy groups -OCH3 is 1. The van der Waals surface area contributed by atoms with Gasteiger partial charge < -0.3 is 19.7 Å². The van der Waals surface area contributed by atoms with E-state index in [1.807, 2.05) is 24.3 Å². The maximum absolute atomic E-state index is 11.5. The lowest BCUT2D eigenvalue weighted by Crippen LogP contribution is -2.46. The number of ether oxygens (including phenoxy) is 2.